The first-order valence-corrected chi connectivity index (χ1v) is 9.31. The van der Waals surface area contributed by atoms with Gasteiger partial charge in [-0.15, -0.1) is 0 Å². The van der Waals surface area contributed by atoms with Crippen LogP contribution in [0.4, 0.5) is 0 Å². The minimum Gasteiger partial charge on any atom is -0.461 e. The van der Waals surface area contributed by atoms with E-state index in [4.69, 9.17) is 4.74 Å². The largest absolute Gasteiger partial charge is 0.461 e. The van der Waals surface area contributed by atoms with Crippen LogP contribution in [0.5, 0.6) is 0 Å². The summed E-state index contributed by atoms with van der Waals surface area (Å²) in [4.78, 5) is 25.1. The number of esters is 1. The first-order valence-electron chi connectivity index (χ1n) is 9.31. The quantitative estimate of drug-likeness (QED) is 0.643. The van der Waals surface area contributed by atoms with E-state index in [1.54, 1.807) is 0 Å². The van der Waals surface area contributed by atoms with Crippen LogP contribution in [0, 0.1) is 40.4 Å². The van der Waals surface area contributed by atoms with Crippen molar-refractivity contribution in [3.05, 3.63) is 11.6 Å². The summed E-state index contributed by atoms with van der Waals surface area (Å²) in [5.74, 6) is 1.45. The number of allylic oxidation sites excluding steroid dienone is 2. The molecular formula is C20H26O3. The Morgan fingerprint density at radius 3 is 2.78 bits per heavy atom. The normalized spacial score (nSPS) is 56.7. The van der Waals surface area contributed by atoms with Gasteiger partial charge in [-0.25, -0.2) is 0 Å². The third kappa shape index (κ3) is 1.57. The number of Topliss-reactive ketones (excluding diaryl/α,β-unsaturated/α-hetero) is 1. The van der Waals surface area contributed by atoms with E-state index in [2.05, 4.69) is 19.9 Å². The molecule has 1 aliphatic heterocycles. The highest BCUT2D eigenvalue weighted by Gasteiger charge is 2.67. The molecule has 0 spiro atoms. The molecule has 0 aromatic rings. The van der Waals surface area contributed by atoms with Crippen molar-refractivity contribution in [2.24, 2.45) is 40.4 Å². The minimum atomic E-state index is -0.267. The molecule has 8 unspecified atom stereocenters. The fourth-order valence-electron chi connectivity index (χ4n) is 6.92. The SMILES string of the molecule is CC1C(=O)OC2CC3C(=CCC4C5(C)CC5CCC34C)C(=O)C21. The summed E-state index contributed by atoms with van der Waals surface area (Å²) in [6.07, 6.45) is 7.91. The van der Waals surface area contributed by atoms with E-state index >= 15 is 0 Å². The Morgan fingerprint density at radius 2 is 2.00 bits per heavy atom. The van der Waals surface area contributed by atoms with Crippen molar-refractivity contribution >= 4 is 11.8 Å². The first kappa shape index (κ1) is 14.2. The molecule has 5 aliphatic rings. The van der Waals surface area contributed by atoms with E-state index in [1.807, 2.05) is 6.92 Å². The number of ether oxygens (including phenoxy) is 1. The highest BCUT2D eigenvalue weighted by Crippen LogP contribution is 2.73. The van der Waals surface area contributed by atoms with E-state index in [9.17, 15) is 9.59 Å². The smallest absolute Gasteiger partial charge is 0.309 e. The Labute approximate surface area is 137 Å². The Bertz CT molecular complexity index is 649. The Morgan fingerprint density at radius 1 is 1.22 bits per heavy atom. The number of hydrogen-bond donors (Lipinski definition) is 0. The van der Waals surface area contributed by atoms with Crippen LogP contribution in [-0.4, -0.2) is 17.9 Å². The molecule has 4 fully saturated rings. The molecule has 1 heterocycles. The molecule has 5 rings (SSSR count). The van der Waals surface area contributed by atoms with Gasteiger partial charge in [-0.1, -0.05) is 26.8 Å². The molecule has 0 bridgehead atoms. The summed E-state index contributed by atoms with van der Waals surface area (Å²) >= 11 is 0. The van der Waals surface area contributed by atoms with Crippen molar-refractivity contribution in [1.29, 1.82) is 0 Å². The van der Waals surface area contributed by atoms with Gasteiger partial charge in [0.1, 0.15) is 6.10 Å². The lowest BCUT2D eigenvalue weighted by Crippen LogP contribution is -2.51. The lowest BCUT2D eigenvalue weighted by Gasteiger charge is -2.55. The standard InChI is InChI=1S/C20H26O3/c1-10-16-14(23-18(10)22)8-13-12(17(16)21)4-5-15-19(13,2)7-6-11-9-20(11,15)3/h4,10-11,13-16H,5-9H2,1-3H3. The second-order valence-corrected chi connectivity index (χ2v) is 9.34. The van der Waals surface area contributed by atoms with E-state index in [0.29, 0.717) is 17.3 Å². The predicted octanol–water partition coefficient (Wildman–Crippen LogP) is 3.53. The maximum absolute atomic E-state index is 13.1. The molecule has 0 aromatic heterocycles. The average molecular weight is 314 g/mol. The van der Waals surface area contributed by atoms with Crippen molar-refractivity contribution in [3.8, 4) is 0 Å². The summed E-state index contributed by atoms with van der Waals surface area (Å²) in [7, 11) is 0. The number of hydrogen-bond acceptors (Lipinski definition) is 3. The van der Waals surface area contributed by atoms with Gasteiger partial charge in [0.2, 0.25) is 0 Å². The Hall–Kier alpha value is -1.12. The minimum absolute atomic E-state index is 0.174. The molecule has 0 amide bonds. The molecule has 8 atom stereocenters. The van der Waals surface area contributed by atoms with Crippen molar-refractivity contribution in [3.63, 3.8) is 0 Å². The Kier molecular flexibility index (Phi) is 2.54. The molecule has 4 aliphatic carbocycles. The van der Waals surface area contributed by atoms with Crippen molar-refractivity contribution in [2.45, 2.75) is 59.0 Å². The van der Waals surface area contributed by atoms with Gasteiger partial charge < -0.3 is 4.74 Å². The van der Waals surface area contributed by atoms with Crippen molar-refractivity contribution in [2.75, 3.05) is 0 Å². The molecule has 0 aromatic carbocycles. The van der Waals surface area contributed by atoms with E-state index < -0.39 is 0 Å². The molecular weight excluding hydrogens is 288 g/mol. The highest BCUT2D eigenvalue weighted by atomic mass is 16.6. The fourth-order valence-corrected chi connectivity index (χ4v) is 6.92. The maximum atomic E-state index is 13.1. The summed E-state index contributed by atoms with van der Waals surface area (Å²) in [5.41, 5.74) is 1.75. The van der Waals surface area contributed by atoms with Crippen LogP contribution in [-0.2, 0) is 14.3 Å². The fraction of sp³-hybridized carbons (Fsp3) is 0.800. The van der Waals surface area contributed by atoms with Crippen LogP contribution in [0.1, 0.15) is 52.9 Å². The zero-order chi connectivity index (χ0) is 16.1. The zero-order valence-electron chi connectivity index (χ0n) is 14.3. The van der Waals surface area contributed by atoms with Crippen LogP contribution >= 0.6 is 0 Å². The third-order valence-corrected chi connectivity index (χ3v) is 8.46. The molecule has 124 valence electrons. The number of carbonyl (C=O) groups excluding carboxylic acids is 2. The molecule has 0 radical (unpaired) electrons. The average Bonchev–Trinajstić information content (AvgIpc) is 3.10. The van der Waals surface area contributed by atoms with Gasteiger partial charge in [-0.05, 0) is 66.3 Å². The predicted molar refractivity (Wildman–Crippen MR) is 85.4 cm³/mol. The highest BCUT2D eigenvalue weighted by molar-refractivity contribution is 6.02. The number of fused-ring (bicyclic) bond motifs is 6. The van der Waals surface area contributed by atoms with Crippen LogP contribution in [0.15, 0.2) is 11.6 Å². The van der Waals surface area contributed by atoms with Gasteiger partial charge >= 0.3 is 5.97 Å². The molecule has 3 nitrogen and oxygen atoms in total. The second kappa shape index (κ2) is 4.10. The Balaban J connectivity index is 1.56. The molecule has 3 saturated carbocycles. The number of rotatable bonds is 0. The van der Waals surface area contributed by atoms with E-state index in [0.717, 1.165) is 24.3 Å². The lowest BCUT2D eigenvalue weighted by molar-refractivity contribution is -0.145. The van der Waals surface area contributed by atoms with Gasteiger partial charge in [0, 0.05) is 0 Å². The monoisotopic (exact) mass is 314 g/mol. The van der Waals surface area contributed by atoms with Crippen molar-refractivity contribution < 1.29 is 14.3 Å². The van der Waals surface area contributed by atoms with Gasteiger partial charge in [0.05, 0.1) is 11.8 Å². The summed E-state index contributed by atoms with van der Waals surface area (Å²) in [6, 6.07) is 0. The van der Waals surface area contributed by atoms with E-state index in [1.165, 1.54) is 19.3 Å². The van der Waals surface area contributed by atoms with E-state index in [-0.39, 0.29) is 35.1 Å². The number of carbonyl (C=O) groups is 2. The molecule has 0 N–H and O–H groups in total. The van der Waals surface area contributed by atoms with Crippen LogP contribution in [0.25, 0.3) is 0 Å². The topological polar surface area (TPSA) is 43.4 Å². The third-order valence-electron chi connectivity index (χ3n) is 8.46. The second-order valence-electron chi connectivity index (χ2n) is 9.34. The van der Waals surface area contributed by atoms with Crippen molar-refractivity contribution in [1.82, 2.24) is 0 Å². The van der Waals surface area contributed by atoms with Gasteiger partial charge in [-0.2, -0.15) is 0 Å². The summed E-state index contributed by atoms with van der Waals surface area (Å²) in [5, 5.41) is 0. The van der Waals surface area contributed by atoms with Gasteiger partial charge in [0.25, 0.3) is 0 Å². The van der Waals surface area contributed by atoms with Crippen LogP contribution < -0.4 is 0 Å². The zero-order valence-corrected chi connectivity index (χ0v) is 14.3. The molecule has 23 heavy (non-hydrogen) atoms. The number of ketones is 1. The lowest BCUT2D eigenvalue weighted by atomic mass is 9.49. The summed E-state index contributed by atoms with van der Waals surface area (Å²) in [6.45, 7) is 6.74. The molecule has 1 saturated heterocycles. The summed E-state index contributed by atoms with van der Waals surface area (Å²) < 4.78 is 5.60. The van der Waals surface area contributed by atoms with Gasteiger partial charge in [0.15, 0.2) is 5.78 Å². The molecule has 3 heteroatoms. The first-order chi connectivity index (χ1) is 10.9. The van der Waals surface area contributed by atoms with Gasteiger partial charge in [-0.3, -0.25) is 9.59 Å². The van der Waals surface area contributed by atoms with Crippen LogP contribution in [0.2, 0.25) is 0 Å². The van der Waals surface area contributed by atoms with Crippen LogP contribution in [0.3, 0.4) is 0 Å². The maximum Gasteiger partial charge on any atom is 0.309 e.